The van der Waals surface area contributed by atoms with E-state index in [4.69, 9.17) is 16.2 Å². The molecule has 27 heavy (non-hydrogen) atoms. The first-order valence-electron chi connectivity index (χ1n) is 8.98. The van der Waals surface area contributed by atoms with Crippen LogP contribution in [0.15, 0.2) is 109 Å². The Morgan fingerprint density at radius 1 is 0.593 bits per heavy atom. The molecule has 0 atom stereocenters. The van der Waals surface area contributed by atoms with Crippen LogP contribution in [0.25, 0.3) is 0 Å². The van der Waals surface area contributed by atoms with Gasteiger partial charge < -0.3 is 0 Å². The SMILES string of the molecule is Cc1cccnc1P(Cl)(c1ccccc1)(c1ccccc1)c1ccccc1. The van der Waals surface area contributed by atoms with Crippen molar-refractivity contribution in [1.29, 1.82) is 0 Å². The predicted molar refractivity (Wildman–Crippen MR) is 120 cm³/mol. The van der Waals surface area contributed by atoms with Crippen LogP contribution in [0.2, 0.25) is 0 Å². The molecule has 0 fully saturated rings. The van der Waals surface area contributed by atoms with Gasteiger partial charge in [0.1, 0.15) is 0 Å². The van der Waals surface area contributed by atoms with Crippen LogP contribution in [-0.4, -0.2) is 4.98 Å². The number of hydrogen-bond donors (Lipinski definition) is 0. The molecule has 3 heteroatoms. The molecule has 3 aromatic carbocycles. The Morgan fingerprint density at radius 3 is 1.37 bits per heavy atom. The Bertz CT molecular complexity index is 950. The van der Waals surface area contributed by atoms with Crippen LogP contribution in [0.4, 0.5) is 0 Å². The topological polar surface area (TPSA) is 12.9 Å². The van der Waals surface area contributed by atoms with Gasteiger partial charge in [0.25, 0.3) is 0 Å². The Labute approximate surface area is 165 Å². The van der Waals surface area contributed by atoms with Crippen LogP contribution >= 0.6 is 17.2 Å². The van der Waals surface area contributed by atoms with E-state index in [1.54, 1.807) is 0 Å². The maximum atomic E-state index is 8.07. The molecule has 0 saturated heterocycles. The summed E-state index contributed by atoms with van der Waals surface area (Å²) in [5, 5.41) is 3.30. The Kier molecular flexibility index (Phi) is 4.60. The molecule has 4 rings (SSSR count). The van der Waals surface area contributed by atoms with Crippen molar-refractivity contribution in [3.05, 3.63) is 115 Å². The summed E-state index contributed by atoms with van der Waals surface area (Å²) in [6.45, 7) is 2.10. The quantitative estimate of drug-likeness (QED) is 0.461. The standard InChI is InChI=1S/C24H21ClNP/c1-20-12-11-19-26-24(20)27(25,21-13-5-2-6-14-21,22-15-7-3-8-16-22)23-17-9-4-10-18-23/h2-19H,1H3. The fourth-order valence-corrected chi connectivity index (χ4v) is 10.2. The van der Waals surface area contributed by atoms with Gasteiger partial charge in [-0.15, -0.1) is 0 Å². The van der Waals surface area contributed by atoms with Gasteiger partial charge in [0.15, 0.2) is 0 Å². The molecule has 0 aliphatic heterocycles. The van der Waals surface area contributed by atoms with Gasteiger partial charge in [0.05, 0.1) is 0 Å². The van der Waals surface area contributed by atoms with Gasteiger partial charge in [-0.25, -0.2) is 0 Å². The Balaban J connectivity index is 2.26. The van der Waals surface area contributed by atoms with Crippen molar-refractivity contribution in [2.24, 2.45) is 0 Å². The van der Waals surface area contributed by atoms with Crippen molar-refractivity contribution in [3.63, 3.8) is 0 Å². The number of pyridine rings is 1. The van der Waals surface area contributed by atoms with Crippen LogP contribution in [-0.2, 0) is 0 Å². The molecule has 0 saturated carbocycles. The van der Waals surface area contributed by atoms with Gasteiger partial charge in [-0.3, -0.25) is 0 Å². The van der Waals surface area contributed by atoms with E-state index in [2.05, 4.69) is 85.8 Å². The van der Waals surface area contributed by atoms with Gasteiger partial charge in [0.2, 0.25) is 0 Å². The van der Waals surface area contributed by atoms with Gasteiger partial charge in [-0.1, -0.05) is 0 Å². The summed E-state index contributed by atoms with van der Waals surface area (Å²) in [5.41, 5.74) is 2.05. The van der Waals surface area contributed by atoms with Gasteiger partial charge in [-0.05, 0) is 0 Å². The third-order valence-electron chi connectivity index (χ3n) is 5.10. The van der Waals surface area contributed by atoms with E-state index in [9.17, 15) is 0 Å². The monoisotopic (exact) mass is 389 g/mol. The van der Waals surface area contributed by atoms with E-state index in [1.807, 2.05) is 30.5 Å². The second-order valence-electron chi connectivity index (χ2n) is 6.66. The zero-order chi connectivity index (χ0) is 18.8. The van der Waals surface area contributed by atoms with E-state index < -0.39 is 5.96 Å². The molecule has 4 aromatic rings. The number of aromatic nitrogens is 1. The van der Waals surface area contributed by atoms with Crippen molar-refractivity contribution in [1.82, 2.24) is 4.98 Å². The average Bonchev–Trinajstić information content (AvgIpc) is 2.75. The van der Waals surface area contributed by atoms with E-state index in [0.29, 0.717) is 0 Å². The Hall–Kier alpha value is -2.47. The molecule has 0 aliphatic rings. The van der Waals surface area contributed by atoms with Crippen LogP contribution in [0.5, 0.6) is 0 Å². The van der Waals surface area contributed by atoms with Crippen LogP contribution in [0.1, 0.15) is 5.56 Å². The van der Waals surface area contributed by atoms with Crippen molar-refractivity contribution in [2.45, 2.75) is 6.92 Å². The molecular formula is C24H21ClNP. The second-order valence-corrected chi connectivity index (χ2v) is 12.7. The molecule has 1 heterocycles. The summed E-state index contributed by atoms with van der Waals surface area (Å²) >= 11 is 8.07. The first kappa shape index (κ1) is 17.9. The molecule has 1 aromatic heterocycles. The predicted octanol–water partition coefficient (Wildman–Crippen LogP) is 4.70. The molecule has 0 amide bonds. The molecule has 0 bridgehead atoms. The first-order valence-corrected chi connectivity index (χ1v) is 12.1. The van der Waals surface area contributed by atoms with Gasteiger partial charge in [0, 0.05) is 0 Å². The molecule has 0 unspecified atom stereocenters. The number of benzene rings is 3. The fraction of sp³-hybridized carbons (Fsp3) is 0.0417. The third-order valence-corrected chi connectivity index (χ3v) is 12.4. The molecule has 134 valence electrons. The minimum atomic E-state index is -3.50. The summed E-state index contributed by atoms with van der Waals surface area (Å²) in [5.74, 6) is -3.50. The van der Waals surface area contributed by atoms with Crippen LogP contribution < -0.4 is 21.3 Å². The van der Waals surface area contributed by atoms with Crippen LogP contribution in [0, 0.1) is 6.92 Å². The number of nitrogens with zero attached hydrogens (tertiary/aromatic N) is 1. The molecular weight excluding hydrogens is 369 g/mol. The zero-order valence-corrected chi connectivity index (χ0v) is 16.8. The van der Waals surface area contributed by atoms with E-state index in [1.165, 1.54) is 0 Å². The molecule has 0 aliphatic carbocycles. The maximum absolute atomic E-state index is 8.07. The van der Waals surface area contributed by atoms with Gasteiger partial charge in [-0.2, -0.15) is 0 Å². The van der Waals surface area contributed by atoms with Crippen molar-refractivity contribution in [3.8, 4) is 0 Å². The second kappa shape index (κ2) is 6.93. The number of hydrogen-bond acceptors (Lipinski definition) is 1. The van der Waals surface area contributed by atoms with Crippen LogP contribution in [0.3, 0.4) is 0 Å². The van der Waals surface area contributed by atoms with Crippen molar-refractivity contribution < 1.29 is 0 Å². The van der Waals surface area contributed by atoms with Crippen molar-refractivity contribution >= 4 is 38.5 Å². The average molecular weight is 390 g/mol. The number of halogens is 1. The normalized spacial score (nSPS) is 12.9. The number of rotatable bonds is 4. The minimum absolute atomic E-state index is 0.953. The molecule has 0 spiro atoms. The molecule has 1 nitrogen and oxygen atoms in total. The number of aryl methyl sites for hydroxylation is 1. The summed E-state index contributed by atoms with van der Waals surface area (Å²) in [7, 11) is 0. The Morgan fingerprint density at radius 2 is 1.00 bits per heavy atom. The van der Waals surface area contributed by atoms with E-state index in [0.717, 1.165) is 26.9 Å². The van der Waals surface area contributed by atoms with E-state index in [-0.39, 0.29) is 0 Å². The summed E-state index contributed by atoms with van der Waals surface area (Å²) in [6, 6.07) is 35.3. The molecule has 0 radical (unpaired) electrons. The zero-order valence-electron chi connectivity index (χ0n) is 15.2. The summed E-state index contributed by atoms with van der Waals surface area (Å²) in [6.07, 6.45) is 1.85. The van der Waals surface area contributed by atoms with Crippen molar-refractivity contribution in [2.75, 3.05) is 0 Å². The molecule has 0 N–H and O–H groups in total. The van der Waals surface area contributed by atoms with Gasteiger partial charge >= 0.3 is 165 Å². The first-order chi connectivity index (χ1) is 13.2. The summed E-state index contributed by atoms with van der Waals surface area (Å²) in [4.78, 5) is 4.88. The summed E-state index contributed by atoms with van der Waals surface area (Å²) < 4.78 is 0. The fourth-order valence-electron chi connectivity index (χ4n) is 3.85. The van der Waals surface area contributed by atoms with E-state index >= 15 is 0 Å². The third kappa shape index (κ3) is 2.62.